The van der Waals surface area contributed by atoms with Crippen molar-refractivity contribution in [2.45, 2.75) is 26.3 Å². The number of aryl methyl sites for hydroxylation is 1. The fourth-order valence-electron chi connectivity index (χ4n) is 3.22. The van der Waals surface area contributed by atoms with Gasteiger partial charge in [0.15, 0.2) is 5.78 Å². The highest BCUT2D eigenvalue weighted by Crippen LogP contribution is 2.41. The van der Waals surface area contributed by atoms with Gasteiger partial charge in [0.2, 0.25) is 0 Å². The van der Waals surface area contributed by atoms with Gasteiger partial charge in [-0.05, 0) is 18.6 Å². The first-order valence-electron chi connectivity index (χ1n) is 7.65. The lowest BCUT2D eigenvalue weighted by molar-refractivity contribution is 0.104. The number of unbranched alkanes of at least 4 members (excludes halogenated alkanes) is 1. The Bertz CT molecular complexity index is 908. The molecule has 0 amide bonds. The standard InChI is InChI=1S/C18H17N3O/c1-2-3-10-21-17-11-6-4-5-7-12(11)18(22)13-8-9-14(19)16(20-21)15(13)17/h4-9H,2-3,10,19H2,1H3. The van der Waals surface area contributed by atoms with E-state index in [1.54, 1.807) is 6.07 Å². The van der Waals surface area contributed by atoms with Crippen molar-refractivity contribution in [3.05, 3.63) is 47.5 Å². The van der Waals surface area contributed by atoms with Crippen LogP contribution in [-0.2, 0) is 6.54 Å². The Labute approximate surface area is 128 Å². The van der Waals surface area contributed by atoms with Crippen molar-refractivity contribution < 1.29 is 4.79 Å². The van der Waals surface area contributed by atoms with Crippen LogP contribution < -0.4 is 5.73 Å². The van der Waals surface area contributed by atoms with Gasteiger partial charge in [0.25, 0.3) is 0 Å². The number of nitrogen functional groups attached to an aromatic ring is 1. The Morgan fingerprint density at radius 2 is 1.86 bits per heavy atom. The van der Waals surface area contributed by atoms with E-state index in [0.29, 0.717) is 11.3 Å². The second-order valence-corrected chi connectivity index (χ2v) is 5.73. The lowest BCUT2D eigenvalue weighted by atomic mass is 9.87. The molecular weight excluding hydrogens is 274 g/mol. The monoisotopic (exact) mass is 291 g/mol. The number of hydrogen-bond donors (Lipinski definition) is 1. The van der Waals surface area contributed by atoms with Crippen molar-refractivity contribution in [1.82, 2.24) is 9.78 Å². The zero-order valence-electron chi connectivity index (χ0n) is 12.5. The van der Waals surface area contributed by atoms with E-state index in [4.69, 9.17) is 10.8 Å². The van der Waals surface area contributed by atoms with E-state index in [9.17, 15) is 4.79 Å². The van der Waals surface area contributed by atoms with Gasteiger partial charge in [-0.15, -0.1) is 0 Å². The SMILES string of the molecule is CCCCn1nc2c(N)ccc3c2c1-c1ccccc1C3=O. The molecule has 0 fully saturated rings. The van der Waals surface area contributed by atoms with Crippen molar-refractivity contribution in [3.8, 4) is 11.3 Å². The third-order valence-electron chi connectivity index (χ3n) is 4.32. The molecule has 2 aromatic carbocycles. The molecule has 3 aromatic rings. The number of nitrogens with zero attached hydrogens (tertiary/aromatic N) is 2. The third kappa shape index (κ3) is 1.64. The van der Waals surface area contributed by atoms with Crippen LogP contribution >= 0.6 is 0 Å². The molecule has 22 heavy (non-hydrogen) atoms. The van der Waals surface area contributed by atoms with Gasteiger partial charge in [-0.25, -0.2) is 0 Å². The summed E-state index contributed by atoms with van der Waals surface area (Å²) in [4.78, 5) is 12.8. The lowest BCUT2D eigenvalue weighted by Crippen LogP contribution is -2.11. The van der Waals surface area contributed by atoms with Gasteiger partial charge in [-0.1, -0.05) is 37.6 Å². The summed E-state index contributed by atoms with van der Waals surface area (Å²) in [5.41, 5.74) is 10.9. The van der Waals surface area contributed by atoms with Gasteiger partial charge in [-0.2, -0.15) is 5.10 Å². The number of rotatable bonds is 3. The number of nitrogens with two attached hydrogens (primary N) is 1. The molecule has 1 aliphatic rings. The quantitative estimate of drug-likeness (QED) is 0.586. The molecule has 0 saturated heterocycles. The highest BCUT2D eigenvalue weighted by atomic mass is 16.1. The predicted octanol–water partition coefficient (Wildman–Crippen LogP) is 3.63. The summed E-state index contributed by atoms with van der Waals surface area (Å²) >= 11 is 0. The van der Waals surface area contributed by atoms with Gasteiger partial charge < -0.3 is 5.73 Å². The summed E-state index contributed by atoms with van der Waals surface area (Å²) < 4.78 is 2.01. The first-order chi connectivity index (χ1) is 10.7. The summed E-state index contributed by atoms with van der Waals surface area (Å²) in [7, 11) is 0. The Morgan fingerprint density at radius 1 is 1.09 bits per heavy atom. The van der Waals surface area contributed by atoms with Crippen LogP contribution in [0.1, 0.15) is 35.7 Å². The molecule has 1 aromatic heterocycles. The van der Waals surface area contributed by atoms with E-state index >= 15 is 0 Å². The second-order valence-electron chi connectivity index (χ2n) is 5.73. The smallest absolute Gasteiger partial charge is 0.194 e. The number of ketones is 1. The number of carbonyl (C=O) groups is 1. The van der Waals surface area contributed by atoms with Gasteiger partial charge in [0.1, 0.15) is 5.52 Å². The highest BCUT2D eigenvalue weighted by Gasteiger charge is 2.29. The fourth-order valence-corrected chi connectivity index (χ4v) is 3.22. The summed E-state index contributed by atoms with van der Waals surface area (Å²) in [6, 6.07) is 11.4. The largest absolute Gasteiger partial charge is 0.397 e. The van der Waals surface area contributed by atoms with Crippen molar-refractivity contribution >= 4 is 22.4 Å². The molecule has 0 atom stereocenters. The molecule has 0 saturated carbocycles. The Kier molecular flexibility index (Phi) is 2.79. The van der Waals surface area contributed by atoms with E-state index in [2.05, 4.69) is 6.92 Å². The number of anilines is 1. The summed E-state index contributed by atoms with van der Waals surface area (Å²) in [5, 5.41) is 5.60. The second kappa shape index (κ2) is 4.70. The molecule has 110 valence electrons. The molecule has 1 heterocycles. The molecule has 0 bridgehead atoms. The van der Waals surface area contributed by atoms with E-state index in [0.717, 1.165) is 47.1 Å². The number of aromatic nitrogens is 2. The van der Waals surface area contributed by atoms with Crippen molar-refractivity contribution in [2.75, 3.05) is 5.73 Å². The zero-order valence-corrected chi connectivity index (χ0v) is 12.5. The molecule has 0 aliphatic heterocycles. The molecule has 4 heteroatoms. The molecular formula is C18H17N3O. The number of benzene rings is 2. The van der Waals surface area contributed by atoms with Gasteiger partial charge in [-0.3, -0.25) is 9.48 Å². The molecule has 0 spiro atoms. The third-order valence-corrected chi connectivity index (χ3v) is 4.32. The van der Waals surface area contributed by atoms with E-state index in [-0.39, 0.29) is 5.78 Å². The summed E-state index contributed by atoms with van der Waals surface area (Å²) in [6.45, 7) is 2.99. The van der Waals surface area contributed by atoms with E-state index in [1.807, 2.05) is 35.0 Å². The number of hydrogen-bond acceptors (Lipinski definition) is 3. The summed E-state index contributed by atoms with van der Waals surface area (Å²) in [6.07, 6.45) is 2.14. The van der Waals surface area contributed by atoms with E-state index in [1.165, 1.54) is 0 Å². The number of fused-ring (bicyclic) bond motifs is 2. The first kappa shape index (κ1) is 13.1. The highest BCUT2D eigenvalue weighted by molar-refractivity contribution is 6.26. The Hall–Kier alpha value is -2.62. The predicted molar refractivity (Wildman–Crippen MR) is 87.9 cm³/mol. The van der Waals surface area contributed by atoms with E-state index < -0.39 is 0 Å². The topological polar surface area (TPSA) is 60.9 Å². The lowest BCUT2D eigenvalue weighted by Gasteiger charge is -2.17. The van der Waals surface area contributed by atoms with Crippen LogP contribution in [-0.4, -0.2) is 15.6 Å². The molecule has 4 rings (SSSR count). The minimum atomic E-state index is 0.0585. The average Bonchev–Trinajstić information content (AvgIpc) is 2.93. The Morgan fingerprint density at radius 3 is 2.64 bits per heavy atom. The first-order valence-corrected chi connectivity index (χ1v) is 7.65. The minimum absolute atomic E-state index is 0.0585. The molecule has 0 radical (unpaired) electrons. The maximum Gasteiger partial charge on any atom is 0.194 e. The molecule has 0 unspecified atom stereocenters. The van der Waals surface area contributed by atoms with Crippen LogP contribution in [0.4, 0.5) is 5.69 Å². The maximum absolute atomic E-state index is 12.8. The summed E-state index contributed by atoms with van der Waals surface area (Å²) in [5.74, 6) is 0.0585. The Balaban J connectivity index is 2.12. The van der Waals surface area contributed by atoms with Crippen LogP contribution in [0.25, 0.3) is 22.2 Å². The normalized spacial score (nSPS) is 12.7. The zero-order chi connectivity index (χ0) is 15.3. The molecule has 4 nitrogen and oxygen atoms in total. The molecule has 1 aliphatic carbocycles. The van der Waals surface area contributed by atoms with Gasteiger partial charge >= 0.3 is 0 Å². The van der Waals surface area contributed by atoms with Crippen LogP contribution in [0.2, 0.25) is 0 Å². The van der Waals surface area contributed by atoms with Gasteiger partial charge in [0, 0.05) is 28.6 Å². The minimum Gasteiger partial charge on any atom is -0.397 e. The molecule has 2 N–H and O–H groups in total. The van der Waals surface area contributed by atoms with Crippen LogP contribution in [0.5, 0.6) is 0 Å². The number of carbonyl (C=O) groups excluding carboxylic acids is 1. The van der Waals surface area contributed by atoms with Crippen molar-refractivity contribution in [1.29, 1.82) is 0 Å². The van der Waals surface area contributed by atoms with Crippen LogP contribution in [0.3, 0.4) is 0 Å². The van der Waals surface area contributed by atoms with Crippen LogP contribution in [0.15, 0.2) is 36.4 Å². The van der Waals surface area contributed by atoms with Gasteiger partial charge in [0.05, 0.1) is 11.4 Å². The van der Waals surface area contributed by atoms with Crippen molar-refractivity contribution in [2.24, 2.45) is 0 Å². The van der Waals surface area contributed by atoms with Crippen LogP contribution in [0, 0.1) is 0 Å². The maximum atomic E-state index is 12.8. The average molecular weight is 291 g/mol. The van der Waals surface area contributed by atoms with Crippen molar-refractivity contribution in [3.63, 3.8) is 0 Å². The fraction of sp³-hybridized carbons (Fsp3) is 0.222.